The number of fused-ring (bicyclic) bond motifs is 2. The summed E-state index contributed by atoms with van der Waals surface area (Å²) >= 11 is 0. The Morgan fingerprint density at radius 3 is 3.19 bits per heavy atom. The first-order valence-electron chi connectivity index (χ1n) is 5.84. The van der Waals surface area contributed by atoms with Crippen molar-refractivity contribution in [1.29, 1.82) is 0 Å². The lowest BCUT2D eigenvalue weighted by atomic mass is 10.0. The molecule has 1 aromatic heterocycles. The van der Waals surface area contributed by atoms with E-state index < -0.39 is 0 Å². The molecule has 84 valence electrons. The maximum absolute atomic E-state index is 5.73. The smallest absolute Gasteiger partial charge is 0.0508 e. The molecule has 2 heterocycles. The number of aromatic nitrogens is 1. The summed E-state index contributed by atoms with van der Waals surface area (Å²) in [6, 6.07) is 4.46. The Morgan fingerprint density at radius 2 is 2.38 bits per heavy atom. The minimum Gasteiger partial charge on any atom is -0.374 e. The van der Waals surface area contributed by atoms with Crippen molar-refractivity contribution in [2.24, 2.45) is 5.73 Å². The van der Waals surface area contributed by atoms with Crippen LogP contribution in [0.1, 0.15) is 11.1 Å². The number of benzene rings is 1. The average Bonchev–Trinajstić information content (AvgIpc) is 2.86. The first-order valence-corrected chi connectivity index (χ1v) is 5.84. The lowest BCUT2D eigenvalue weighted by Gasteiger charge is -2.17. The Kier molecular flexibility index (Phi) is 2.14. The zero-order valence-electron chi connectivity index (χ0n) is 9.59. The van der Waals surface area contributed by atoms with Crippen molar-refractivity contribution in [2.75, 3.05) is 25.0 Å². The van der Waals surface area contributed by atoms with Gasteiger partial charge in [0.05, 0.1) is 5.52 Å². The summed E-state index contributed by atoms with van der Waals surface area (Å²) in [5, 5.41) is 1.32. The molecule has 0 amide bonds. The van der Waals surface area contributed by atoms with Gasteiger partial charge in [0.25, 0.3) is 0 Å². The number of hydrogen-bond acceptors (Lipinski definition) is 2. The lowest BCUT2D eigenvalue weighted by Crippen LogP contribution is -2.15. The van der Waals surface area contributed by atoms with Gasteiger partial charge >= 0.3 is 0 Å². The summed E-state index contributed by atoms with van der Waals surface area (Å²) in [6.07, 6.45) is 4.12. The molecule has 1 aliphatic heterocycles. The van der Waals surface area contributed by atoms with E-state index in [1.807, 2.05) is 6.20 Å². The predicted molar refractivity (Wildman–Crippen MR) is 68.0 cm³/mol. The van der Waals surface area contributed by atoms with Crippen LogP contribution in [0.4, 0.5) is 5.69 Å². The maximum Gasteiger partial charge on any atom is 0.0508 e. The van der Waals surface area contributed by atoms with E-state index in [1.54, 1.807) is 0 Å². The third-order valence-corrected chi connectivity index (χ3v) is 3.49. The van der Waals surface area contributed by atoms with E-state index in [2.05, 4.69) is 29.1 Å². The van der Waals surface area contributed by atoms with Gasteiger partial charge in [-0.1, -0.05) is 0 Å². The van der Waals surface area contributed by atoms with Crippen molar-refractivity contribution in [3.8, 4) is 0 Å². The number of rotatable bonds is 2. The van der Waals surface area contributed by atoms with Gasteiger partial charge in [-0.15, -0.1) is 0 Å². The Labute approximate surface area is 95.2 Å². The molecule has 0 unspecified atom stereocenters. The van der Waals surface area contributed by atoms with Gasteiger partial charge in [-0.05, 0) is 37.1 Å². The first-order chi connectivity index (χ1) is 7.81. The van der Waals surface area contributed by atoms with Crippen LogP contribution < -0.4 is 10.6 Å². The highest BCUT2D eigenvalue weighted by Crippen LogP contribution is 2.36. The molecule has 0 saturated carbocycles. The van der Waals surface area contributed by atoms with Gasteiger partial charge in [0.1, 0.15) is 0 Å². The lowest BCUT2D eigenvalue weighted by molar-refractivity contribution is 0.934. The molecule has 3 heteroatoms. The molecule has 0 fully saturated rings. The molecule has 0 saturated heterocycles. The summed E-state index contributed by atoms with van der Waals surface area (Å²) in [4.78, 5) is 5.69. The van der Waals surface area contributed by atoms with Crippen molar-refractivity contribution in [1.82, 2.24) is 4.98 Å². The second kappa shape index (κ2) is 3.52. The molecule has 2 aromatic rings. The van der Waals surface area contributed by atoms with Gasteiger partial charge in [-0.25, -0.2) is 0 Å². The van der Waals surface area contributed by atoms with E-state index in [1.165, 1.54) is 27.7 Å². The van der Waals surface area contributed by atoms with Crippen molar-refractivity contribution >= 4 is 16.6 Å². The van der Waals surface area contributed by atoms with Gasteiger partial charge in [-0.3, -0.25) is 0 Å². The van der Waals surface area contributed by atoms with Crippen molar-refractivity contribution in [3.63, 3.8) is 0 Å². The molecule has 1 aromatic carbocycles. The van der Waals surface area contributed by atoms with E-state index >= 15 is 0 Å². The molecule has 3 nitrogen and oxygen atoms in total. The molecular formula is C13H17N3. The van der Waals surface area contributed by atoms with E-state index in [0.29, 0.717) is 6.54 Å². The van der Waals surface area contributed by atoms with Crippen LogP contribution >= 0.6 is 0 Å². The fourth-order valence-corrected chi connectivity index (χ4v) is 2.79. The molecule has 0 atom stereocenters. The fourth-order valence-electron chi connectivity index (χ4n) is 2.79. The highest BCUT2D eigenvalue weighted by Gasteiger charge is 2.21. The van der Waals surface area contributed by atoms with Crippen LogP contribution in [0, 0.1) is 0 Å². The third-order valence-electron chi connectivity index (χ3n) is 3.49. The molecule has 1 aliphatic rings. The molecule has 0 aliphatic carbocycles. The summed E-state index contributed by atoms with van der Waals surface area (Å²) in [7, 11) is 2.17. The van der Waals surface area contributed by atoms with Crippen LogP contribution in [-0.4, -0.2) is 25.1 Å². The number of anilines is 1. The summed E-state index contributed by atoms with van der Waals surface area (Å²) < 4.78 is 0. The topological polar surface area (TPSA) is 45.0 Å². The van der Waals surface area contributed by atoms with E-state index in [9.17, 15) is 0 Å². The largest absolute Gasteiger partial charge is 0.374 e. The quantitative estimate of drug-likeness (QED) is 0.800. The van der Waals surface area contributed by atoms with Crippen molar-refractivity contribution in [2.45, 2.75) is 12.8 Å². The Morgan fingerprint density at radius 1 is 1.50 bits per heavy atom. The fraction of sp³-hybridized carbons (Fsp3) is 0.385. The number of nitrogens with two attached hydrogens (primary N) is 1. The van der Waals surface area contributed by atoms with Crippen LogP contribution in [0.25, 0.3) is 10.9 Å². The van der Waals surface area contributed by atoms with Crippen LogP contribution in [0.5, 0.6) is 0 Å². The van der Waals surface area contributed by atoms with Gasteiger partial charge in [0, 0.05) is 36.4 Å². The van der Waals surface area contributed by atoms with E-state index in [4.69, 9.17) is 5.73 Å². The van der Waals surface area contributed by atoms with Crippen LogP contribution in [0.3, 0.4) is 0 Å². The van der Waals surface area contributed by atoms with E-state index in [-0.39, 0.29) is 0 Å². The Hall–Kier alpha value is -1.48. The van der Waals surface area contributed by atoms with Crippen LogP contribution in [0.2, 0.25) is 0 Å². The highest BCUT2D eigenvalue weighted by atomic mass is 15.1. The SMILES string of the molecule is CN1CCc2cc3cc[nH]c3c(CCN)c21. The number of nitrogens with zero attached hydrogens (tertiary/aromatic N) is 1. The number of nitrogens with one attached hydrogen (secondary N) is 1. The number of likely N-dealkylation sites (N-methyl/N-ethyl adjacent to an activating group) is 1. The van der Waals surface area contributed by atoms with Gasteiger partial charge in [-0.2, -0.15) is 0 Å². The minimum atomic E-state index is 0.707. The van der Waals surface area contributed by atoms with Crippen molar-refractivity contribution < 1.29 is 0 Å². The summed E-state index contributed by atoms with van der Waals surface area (Å²) in [5.74, 6) is 0. The summed E-state index contributed by atoms with van der Waals surface area (Å²) in [5.41, 5.74) is 11.3. The average molecular weight is 215 g/mol. The molecule has 3 N–H and O–H groups in total. The molecule has 0 spiro atoms. The second-order valence-electron chi connectivity index (χ2n) is 4.51. The molecule has 0 radical (unpaired) electrons. The zero-order chi connectivity index (χ0) is 11.1. The monoisotopic (exact) mass is 215 g/mol. The summed E-state index contributed by atoms with van der Waals surface area (Å²) in [6.45, 7) is 1.83. The first kappa shape index (κ1) is 9.73. The van der Waals surface area contributed by atoms with Crippen molar-refractivity contribution in [3.05, 3.63) is 29.5 Å². The van der Waals surface area contributed by atoms with Gasteiger partial charge in [0.15, 0.2) is 0 Å². The number of hydrogen-bond donors (Lipinski definition) is 2. The zero-order valence-corrected chi connectivity index (χ0v) is 9.59. The van der Waals surface area contributed by atoms with Crippen LogP contribution in [-0.2, 0) is 12.8 Å². The van der Waals surface area contributed by atoms with Gasteiger partial charge < -0.3 is 15.6 Å². The van der Waals surface area contributed by atoms with Gasteiger partial charge in [0.2, 0.25) is 0 Å². The number of H-pyrrole nitrogens is 1. The predicted octanol–water partition coefficient (Wildman–Crippen LogP) is 1.66. The highest BCUT2D eigenvalue weighted by molar-refractivity contribution is 5.90. The normalized spacial score (nSPS) is 14.8. The molecular weight excluding hydrogens is 198 g/mol. The Bertz CT molecular complexity index is 527. The second-order valence-corrected chi connectivity index (χ2v) is 4.51. The third kappa shape index (κ3) is 1.25. The van der Waals surface area contributed by atoms with E-state index in [0.717, 1.165) is 19.4 Å². The molecule has 3 rings (SSSR count). The maximum atomic E-state index is 5.73. The minimum absolute atomic E-state index is 0.707. The standard InChI is InChI=1S/C13H17N3/c1-16-7-4-10-8-9-3-6-15-12(9)11(2-5-14)13(10)16/h3,6,8,15H,2,4-5,7,14H2,1H3. The number of aromatic amines is 1. The molecule has 0 bridgehead atoms. The molecule has 16 heavy (non-hydrogen) atoms. The Balaban J connectivity index is 2.30. The van der Waals surface area contributed by atoms with Crippen LogP contribution in [0.15, 0.2) is 18.3 Å².